The van der Waals surface area contributed by atoms with Crippen molar-refractivity contribution in [3.05, 3.63) is 68.7 Å². The predicted octanol–water partition coefficient (Wildman–Crippen LogP) is 3.34. The number of halogens is 1. The highest BCUT2D eigenvalue weighted by molar-refractivity contribution is 6.30. The van der Waals surface area contributed by atoms with E-state index in [-0.39, 0.29) is 30.3 Å². The molecule has 0 aliphatic carbocycles. The Morgan fingerprint density at radius 3 is 2.59 bits per heavy atom. The summed E-state index contributed by atoms with van der Waals surface area (Å²) >= 11 is 5.77. The van der Waals surface area contributed by atoms with Crippen molar-refractivity contribution in [1.82, 2.24) is 0 Å². The van der Waals surface area contributed by atoms with Crippen LogP contribution in [0.15, 0.2) is 42.5 Å². The lowest BCUT2D eigenvalue weighted by molar-refractivity contribution is -0.385. The van der Waals surface area contributed by atoms with Gasteiger partial charge in [0.25, 0.3) is 5.69 Å². The fourth-order valence-electron chi connectivity index (χ4n) is 3.05. The number of benzene rings is 2. The van der Waals surface area contributed by atoms with Gasteiger partial charge in [-0.25, -0.2) is 0 Å². The van der Waals surface area contributed by atoms with Crippen LogP contribution < -0.4 is 4.90 Å². The van der Waals surface area contributed by atoms with Crippen LogP contribution in [0, 0.1) is 23.0 Å². The number of nitro benzene ring substituents is 1. The van der Waals surface area contributed by atoms with E-state index in [0.29, 0.717) is 21.8 Å². The molecular weight excluding hydrogens is 400 g/mol. The number of carbonyl (C=O) groups is 3. The van der Waals surface area contributed by atoms with Crippen LogP contribution in [0.2, 0.25) is 5.02 Å². The molecule has 1 aliphatic rings. The first-order chi connectivity index (χ1) is 13.8. The van der Waals surface area contributed by atoms with E-state index in [4.69, 9.17) is 16.3 Å². The summed E-state index contributed by atoms with van der Waals surface area (Å²) in [4.78, 5) is 48.6. The zero-order valence-electron chi connectivity index (χ0n) is 15.5. The van der Waals surface area contributed by atoms with Crippen molar-refractivity contribution in [3.8, 4) is 0 Å². The molecule has 8 nitrogen and oxygen atoms in total. The van der Waals surface area contributed by atoms with Crippen molar-refractivity contribution < 1.29 is 24.0 Å². The average molecular weight is 417 g/mol. The van der Waals surface area contributed by atoms with Crippen molar-refractivity contribution in [3.63, 3.8) is 0 Å². The number of amides is 1. The topological polar surface area (TPSA) is 107 Å². The van der Waals surface area contributed by atoms with Gasteiger partial charge in [0, 0.05) is 35.2 Å². The number of nitrogens with zero attached hydrogens (tertiary/aromatic N) is 2. The second-order valence-corrected chi connectivity index (χ2v) is 7.11. The maximum absolute atomic E-state index is 12.3. The highest BCUT2D eigenvalue weighted by Gasteiger charge is 2.37. The summed E-state index contributed by atoms with van der Waals surface area (Å²) in [6, 6.07) is 10.6. The fraction of sp³-hybridized carbons (Fsp3) is 0.250. The summed E-state index contributed by atoms with van der Waals surface area (Å²) in [5.41, 5.74) is 1.08. The molecule has 2 aromatic carbocycles. The summed E-state index contributed by atoms with van der Waals surface area (Å²) in [5.74, 6) is -2.13. The first-order valence-electron chi connectivity index (χ1n) is 8.77. The molecule has 1 atom stereocenters. The van der Waals surface area contributed by atoms with Crippen molar-refractivity contribution in [2.75, 3.05) is 18.1 Å². The smallest absolute Gasteiger partial charge is 0.311 e. The molecule has 0 radical (unpaired) electrons. The molecule has 0 aromatic heterocycles. The number of hydrogen-bond donors (Lipinski definition) is 0. The second-order valence-electron chi connectivity index (χ2n) is 6.67. The van der Waals surface area contributed by atoms with E-state index in [1.807, 2.05) is 0 Å². The zero-order chi connectivity index (χ0) is 21.1. The van der Waals surface area contributed by atoms with E-state index in [9.17, 15) is 24.5 Å². The molecular formula is C20H17ClN2O6. The normalized spacial score (nSPS) is 16.0. The van der Waals surface area contributed by atoms with Gasteiger partial charge in [-0.1, -0.05) is 17.7 Å². The number of aryl methyl sites for hydroxylation is 1. The lowest BCUT2D eigenvalue weighted by Gasteiger charge is -2.16. The van der Waals surface area contributed by atoms with Crippen molar-refractivity contribution >= 4 is 40.6 Å². The van der Waals surface area contributed by atoms with Gasteiger partial charge in [-0.2, -0.15) is 0 Å². The Balaban J connectivity index is 1.63. The van der Waals surface area contributed by atoms with Gasteiger partial charge >= 0.3 is 5.97 Å². The number of esters is 1. The average Bonchev–Trinajstić information content (AvgIpc) is 3.08. The van der Waals surface area contributed by atoms with Crippen molar-refractivity contribution in [1.29, 1.82) is 0 Å². The number of nitro groups is 1. The lowest BCUT2D eigenvalue weighted by Crippen LogP contribution is -2.27. The summed E-state index contributed by atoms with van der Waals surface area (Å²) < 4.78 is 5.08. The highest BCUT2D eigenvalue weighted by atomic mass is 35.5. The van der Waals surface area contributed by atoms with Gasteiger partial charge in [-0.05, 0) is 37.3 Å². The SMILES string of the molecule is Cc1ccc(N2C[C@@H](C(=O)OCC(=O)c3ccc(Cl)cc3)CC2=O)cc1[N+](=O)[O-]. The standard InChI is InChI=1S/C20H17ClN2O6/c1-12-2-7-16(9-17(12)23(27)28)22-10-14(8-19(22)25)20(26)29-11-18(24)13-3-5-15(21)6-4-13/h2-7,9,14H,8,10-11H2,1H3/t14-/m0/s1. The number of ketones is 1. The third-order valence-electron chi connectivity index (χ3n) is 4.67. The molecule has 9 heteroatoms. The number of anilines is 1. The minimum atomic E-state index is -0.749. The third kappa shape index (κ3) is 4.60. The molecule has 1 aliphatic heterocycles. The minimum absolute atomic E-state index is 0.0347. The monoisotopic (exact) mass is 416 g/mol. The van der Waals surface area contributed by atoms with Crippen LogP contribution in [0.1, 0.15) is 22.3 Å². The van der Waals surface area contributed by atoms with Gasteiger partial charge in [0.1, 0.15) is 0 Å². The second kappa shape index (κ2) is 8.40. The first kappa shape index (κ1) is 20.5. The van der Waals surface area contributed by atoms with E-state index in [1.165, 1.54) is 23.1 Å². The molecule has 1 amide bonds. The molecule has 2 aromatic rings. The predicted molar refractivity (Wildman–Crippen MR) is 105 cm³/mol. The van der Waals surface area contributed by atoms with Crippen LogP contribution in [0.4, 0.5) is 11.4 Å². The van der Waals surface area contributed by atoms with Crippen LogP contribution in [0.5, 0.6) is 0 Å². The van der Waals surface area contributed by atoms with Gasteiger partial charge in [0.2, 0.25) is 5.91 Å². The summed E-state index contributed by atoms with van der Waals surface area (Å²) in [5, 5.41) is 11.6. The molecule has 0 N–H and O–H groups in total. The molecule has 0 saturated carbocycles. The Hall–Kier alpha value is -3.26. The molecule has 150 valence electrons. The van der Waals surface area contributed by atoms with E-state index < -0.39 is 23.4 Å². The van der Waals surface area contributed by atoms with Crippen molar-refractivity contribution in [2.45, 2.75) is 13.3 Å². The summed E-state index contributed by atoms with van der Waals surface area (Å²) in [6.45, 7) is 1.19. The Bertz CT molecular complexity index is 989. The number of Topliss-reactive ketones (excluding diaryl/α,β-unsaturated/α-hetero) is 1. The minimum Gasteiger partial charge on any atom is -0.457 e. The quantitative estimate of drug-likeness (QED) is 0.309. The Morgan fingerprint density at radius 2 is 1.93 bits per heavy atom. The van der Waals surface area contributed by atoms with E-state index in [2.05, 4.69) is 0 Å². The number of rotatable bonds is 6. The Labute approximate surface area is 171 Å². The number of carbonyl (C=O) groups excluding carboxylic acids is 3. The Kier molecular flexibility index (Phi) is 5.93. The molecule has 0 bridgehead atoms. The van der Waals surface area contributed by atoms with E-state index in [1.54, 1.807) is 31.2 Å². The molecule has 1 fully saturated rings. The van der Waals surface area contributed by atoms with Gasteiger partial charge in [-0.3, -0.25) is 24.5 Å². The third-order valence-corrected chi connectivity index (χ3v) is 4.92. The van der Waals surface area contributed by atoms with Crippen LogP contribution in [0.25, 0.3) is 0 Å². The number of ether oxygens (including phenoxy) is 1. The zero-order valence-corrected chi connectivity index (χ0v) is 16.2. The lowest BCUT2D eigenvalue weighted by atomic mass is 10.1. The van der Waals surface area contributed by atoms with Crippen LogP contribution in [-0.2, 0) is 14.3 Å². The summed E-state index contributed by atoms with van der Waals surface area (Å²) in [6.07, 6.45) is -0.0877. The molecule has 1 heterocycles. The number of hydrogen-bond acceptors (Lipinski definition) is 6. The van der Waals surface area contributed by atoms with Gasteiger partial charge in [0.15, 0.2) is 12.4 Å². The van der Waals surface area contributed by atoms with E-state index >= 15 is 0 Å². The van der Waals surface area contributed by atoms with Crippen LogP contribution in [0.3, 0.4) is 0 Å². The molecule has 0 spiro atoms. The summed E-state index contributed by atoms with van der Waals surface area (Å²) in [7, 11) is 0. The maximum Gasteiger partial charge on any atom is 0.311 e. The first-order valence-corrected chi connectivity index (χ1v) is 9.15. The van der Waals surface area contributed by atoms with Gasteiger partial charge in [0.05, 0.1) is 16.5 Å². The van der Waals surface area contributed by atoms with Crippen LogP contribution in [-0.4, -0.2) is 35.7 Å². The maximum atomic E-state index is 12.3. The van der Waals surface area contributed by atoms with Gasteiger partial charge in [-0.15, -0.1) is 0 Å². The fourth-order valence-corrected chi connectivity index (χ4v) is 3.18. The molecule has 0 unspecified atom stereocenters. The Morgan fingerprint density at radius 1 is 1.24 bits per heavy atom. The largest absolute Gasteiger partial charge is 0.457 e. The van der Waals surface area contributed by atoms with E-state index in [0.717, 1.165) is 0 Å². The van der Waals surface area contributed by atoms with Crippen molar-refractivity contribution in [2.24, 2.45) is 5.92 Å². The molecule has 1 saturated heterocycles. The van der Waals surface area contributed by atoms with Gasteiger partial charge < -0.3 is 9.64 Å². The molecule has 3 rings (SSSR count). The van der Waals surface area contributed by atoms with Crippen LogP contribution >= 0.6 is 11.6 Å². The highest BCUT2D eigenvalue weighted by Crippen LogP contribution is 2.30. The molecule has 29 heavy (non-hydrogen) atoms.